The zero-order valence-electron chi connectivity index (χ0n) is 23.0. The van der Waals surface area contributed by atoms with E-state index in [9.17, 15) is 13.6 Å². The first-order valence-electron chi connectivity index (χ1n) is 14.5. The molecule has 3 aromatic carbocycles. The fourth-order valence-electron chi connectivity index (χ4n) is 6.93. The number of nitrogens with one attached hydrogen (secondary N) is 1. The average molecular weight is 531 g/mol. The van der Waals surface area contributed by atoms with Crippen molar-refractivity contribution in [3.8, 4) is 0 Å². The summed E-state index contributed by atoms with van der Waals surface area (Å²) in [7, 11) is 0. The minimum absolute atomic E-state index is 0.103. The zero-order chi connectivity index (χ0) is 27.4. The summed E-state index contributed by atoms with van der Waals surface area (Å²) < 4.78 is 27.1. The van der Waals surface area contributed by atoms with E-state index in [-0.39, 0.29) is 41.3 Å². The van der Waals surface area contributed by atoms with Gasteiger partial charge in [0.15, 0.2) is 0 Å². The molecule has 1 aliphatic heterocycles. The number of hydrogen-bond acceptors (Lipinski definition) is 2. The maximum absolute atomic E-state index is 13.6. The van der Waals surface area contributed by atoms with E-state index in [2.05, 4.69) is 36.2 Å². The Labute approximate surface area is 231 Å². The molecule has 5 heteroatoms. The Hall–Kier alpha value is -3.05. The number of hydrogen-bond donors (Lipinski definition) is 1. The molecule has 3 aromatic rings. The lowest BCUT2D eigenvalue weighted by molar-refractivity contribution is -0.124. The Morgan fingerprint density at radius 3 is 2.05 bits per heavy atom. The normalized spacial score (nSPS) is 21.8. The summed E-state index contributed by atoms with van der Waals surface area (Å²) in [6.07, 6.45) is 4.14. The van der Waals surface area contributed by atoms with Gasteiger partial charge in [-0.05, 0) is 90.9 Å². The second-order valence-corrected chi connectivity index (χ2v) is 11.8. The van der Waals surface area contributed by atoms with Crippen LogP contribution in [0, 0.1) is 29.4 Å². The molecule has 2 aliphatic rings. The molecule has 0 aromatic heterocycles. The molecular weight excluding hydrogens is 490 g/mol. The summed E-state index contributed by atoms with van der Waals surface area (Å²) in [4.78, 5) is 16.0. The quantitative estimate of drug-likeness (QED) is 0.302. The third-order valence-corrected chi connectivity index (χ3v) is 8.88. The topological polar surface area (TPSA) is 32.3 Å². The maximum Gasteiger partial charge on any atom is 0.228 e. The number of halogens is 2. The molecule has 1 saturated heterocycles. The SMILES string of the molecule is CC(C)C(C(=O)N[C@H]1CC[C@@H]2CN(CCCC(c3ccc(F)cc3)c3ccc(F)cc3)C[C@@H]21)c1ccccc1. The summed E-state index contributed by atoms with van der Waals surface area (Å²) in [6, 6.07) is 23.8. The molecule has 1 unspecified atom stereocenters. The van der Waals surface area contributed by atoms with E-state index in [1.165, 1.54) is 24.3 Å². The van der Waals surface area contributed by atoms with Gasteiger partial charge in [-0.25, -0.2) is 8.78 Å². The minimum Gasteiger partial charge on any atom is -0.352 e. The van der Waals surface area contributed by atoms with Crippen LogP contribution in [0.3, 0.4) is 0 Å². The van der Waals surface area contributed by atoms with E-state index in [1.54, 1.807) is 0 Å². The highest BCUT2D eigenvalue weighted by Crippen LogP contribution is 2.39. The van der Waals surface area contributed by atoms with Crippen molar-refractivity contribution in [2.45, 2.75) is 57.4 Å². The molecule has 3 nitrogen and oxygen atoms in total. The first-order chi connectivity index (χ1) is 18.9. The lowest BCUT2D eigenvalue weighted by Gasteiger charge is -2.26. The van der Waals surface area contributed by atoms with Gasteiger partial charge in [0, 0.05) is 25.0 Å². The molecule has 0 bridgehead atoms. The minimum atomic E-state index is -0.245. The largest absolute Gasteiger partial charge is 0.352 e. The summed E-state index contributed by atoms with van der Waals surface area (Å²) in [5.41, 5.74) is 3.20. The Kier molecular flexibility index (Phi) is 8.76. The molecule has 1 heterocycles. The van der Waals surface area contributed by atoms with Crippen LogP contribution in [-0.2, 0) is 4.79 Å². The van der Waals surface area contributed by atoms with Gasteiger partial charge in [-0.1, -0.05) is 68.4 Å². The number of carbonyl (C=O) groups is 1. The lowest BCUT2D eigenvalue weighted by Crippen LogP contribution is -2.43. The van der Waals surface area contributed by atoms with Gasteiger partial charge in [-0.2, -0.15) is 0 Å². The van der Waals surface area contributed by atoms with Crippen molar-refractivity contribution in [1.82, 2.24) is 10.2 Å². The number of carbonyl (C=O) groups excluding carboxylic acids is 1. The maximum atomic E-state index is 13.6. The second kappa shape index (κ2) is 12.4. The first-order valence-corrected chi connectivity index (χ1v) is 14.5. The molecule has 4 atom stereocenters. The number of nitrogens with zero attached hydrogens (tertiary/aromatic N) is 1. The van der Waals surface area contributed by atoms with Gasteiger partial charge in [-0.3, -0.25) is 4.79 Å². The van der Waals surface area contributed by atoms with Gasteiger partial charge >= 0.3 is 0 Å². The summed E-state index contributed by atoms with van der Waals surface area (Å²) in [5.74, 6) is 1.01. The van der Waals surface area contributed by atoms with Crippen LogP contribution in [-0.4, -0.2) is 36.5 Å². The van der Waals surface area contributed by atoms with Gasteiger partial charge in [-0.15, -0.1) is 0 Å². The van der Waals surface area contributed by atoms with Crippen LogP contribution in [0.25, 0.3) is 0 Å². The summed E-state index contributed by atoms with van der Waals surface area (Å²) in [6.45, 7) is 7.34. The number of fused-ring (bicyclic) bond motifs is 1. The van der Waals surface area contributed by atoms with Gasteiger partial charge in [0.25, 0.3) is 0 Å². The van der Waals surface area contributed by atoms with Crippen molar-refractivity contribution in [3.05, 3.63) is 107 Å². The van der Waals surface area contributed by atoms with Crippen LogP contribution < -0.4 is 5.32 Å². The van der Waals surface area contributed by atoms with Crippen LogP contribution in [0.2, 0.25) is 0 Å². The Balaban J connectivity index is 1.18. The van der Waals surface area contributed by atoms with Crippen molar-refractivity contribution >= 4 is 5.91 Å². The van der Waals surface area contributed by atoms with Gasteiger partial charge in [0.05, 0.1) is 5.92 Å². The molecule has 39 heavy (non-hydrogen) atoms. The summed E-state index contributed by atoms with van der Waals surface area (Å²) >= 11 is 0. The lowest BCUT2D eigenvalue weighted by atomic mass is 9.87. The van der Waals surface area contributed by atoms with Crippen LogP contribution in [0.4, 0.5) is 8.78 Å². The van der Waals surface area contributed by atoms with Crippen LogP contribution in [0.1, 0.15) is 68.1 Å². The predicted octanol–water partition coefficient (Wildman–Crippen LogP) is 7.14. The van der Waals surface area contributed by atoms with Crippen LogP contribution in [0.5, 0.6) is 0 Å². The van der Waals surface area contributed by atoms with Gasteiger partial charge in [0.1, 0.15) is 11.6 Å². The van der Waals surface area contributed by atoms with Crippen molar-refractivity contribution in [2.75, 3.05) is 19.6 Å². The molecule has 1 N–H and O–H groups in total. The van der Waals surface area contributed by atoms with Crippen molar-refractivity contribution in [3.63, 3.8) is 0 Å². The number of amides is 1. The number of likely N-dealkylation sites (tertiary alicyclic amines) is 1. The molecule has 1 aliphatic carbocycles. The third kappa shape index (κ3) is 6.58. The molecule has 1 saturated carbocycles. The van der Waals surface area contributed by atoms with Crippen LogP contribution >= 0.6 is 0 Å². The molecule has 5 rings (SSSR count). The number of benzene rings is 3. The summed E-state index contributed by atoms with van der Waals surface area (Å²) in [5, 5.41) is 3.45. The standard InChI is InChI=1S/C34H40F2N2O/c1-23(2)33(26-7-4-3-5-8-26)34(39)37-32-19-14-27-21-38(22-31(27)32)20-6-9-30(24-10-15-28(35)16-11-24)25-12-17-29(36)18-13-25/h3-5,7-8,10-13,15-18,23,27,30-33H,6,9,14,19-22H2,1-2H3,(H,37,39)/t27-,31+,32+,33?/m1/s1. The van der Waals surface area contributed by atoms with Crippen LogP contribution in [0.15, 0.2) is 78.9 Å². The van der Waals surface area contributed by atoms with Gasteiger partial charge in [0.2, 0.25) is 5.91 Å². The monoisotopic (exact) mass is 530 g/mol. The molecule has 206 valence electrons. The smallest absolute Gasteiger partial charge is 0.228 e. The van der Waals surface area contributed by atoms with Crippen molar-refractivity contribution < 1.29 is 13.6 Å². The highest BCUT2D eigenvalue weighted by molar-refractivity contribution is 5.84. The Bertz CT molecular complexity index is 1170. The van der Waals surface area contributed by atoms with E-state index < -0.39 is 0 Å². The van der Waals surface area contributed by atoms with E-state index in [0.29, 0.717) is 11.8 Å². The number of rotatable bonds is 10. The van der Waals surface area contributed by atoms with E-state index in [0.717, 1.165) is 62.0 Å². The Morgan fingerprint density at radius 1 is 0.846 bits per heavy atom. The van der Waals surface area contributed by atoms with E-state index in [4.69, 9.17) is 0 Å². The molecule has 1 amide bonds. The third-order valence-electron chi connectivity index (χ3n) is 8.88. The molecule has 0 spiro atoms. The average Bonchev–Trinajstić information content (AvgIpc) is 3.50. The highest BCUT2D eigenvalue weighted by atomic mass is 19.1. The fourth-order valence-corrected chi connectivity index (χ4v) is 6.93. The molecule has 0 radical (unpaired) electrons. The predicted molar refractivity (Wildman–Crippen MR) is 152 cm³/mol. The zero-order valence-corrected chi connectivity index (χ0v) is 23.0. The van der Waals surface area contributed by atoms with Crippen molar-refractivity contribution in [1.29, 1.82) is 0 Å². The first kappa shape index (κ1) is 27.5. The highest BCUT2D eigenvalue weighted by Gasteiger charge is 2.43. The second-order valence-electron chi connectivity index (χ2n) is 11.8. The Morgan fingerprint density at radius 2 is 1.46 bits per heavy atom. The van der Waals surface area contributed by atoms with E-state index >= 15 is 0 Å². The molecular formula is C34H40F2N2O. The van der Waals surface area contributed by atoms with E-state index in [1.807, 2.05) is 42.5 Å². The fraction of sp³-hybridized carbons (Fsp3) is 0.441. The molecule has 2 fully saturated rings. The van der Waals surface area contributed by atoms with Crippen molar-refractivity contribution in [2.24, 2.45) is 17.8 Å². The van der Waals surface area contributed by atoms with Gasteiger partial charge < -0.3 is 10.2 Å².